The summed E-state index contributed by atoms with van der Waals surface area (Å²) in [6.07, 6.45) is 0. The topological polar surface area (TPSA) is 95.9 Å². The number of nitrogens with zero attached hydrogens (tertiary/aromatic N) is 1. The van der Waals surface area contributed by atoms with Crippen molar-refractivity contribution < 1.29 is 24.2 Å². The van der Waals surface area contributed by atoms with Gasteiger partial charge in [-0.25, -0.2) is 9.59 Å². The number of hydrogen-bond donors (Lipinski definition) is 2. The van der Waals surface area contributed by atoms with Crippen LogP contribution in [-0.2, 0) is 22.6 Å². The molecule has 3 rings (SSSR count). The quantitative estimate of drug-likeness (QED) is 0.775. The Balaban J connectivity index is 1.68. The van der Waals surface area contributed by atoms with Gasteiger partial charge in [-0.2, -0.15) is 0 Å². The number of rotatable bonds is 5. The highest BCUT2D eigenvalue weighted by molar-refractivity contribution is 5.87. The minimum atomic E-state index is -0.993. The molecule has 0 spiro atoms. The molecule has 7 heteroatoms. The van der Waals surface area contributed by atoms with Crippen molar-refractivity contribution in [3.05, 3.63) is 70.8 Å². The first-order valence-electron chi connectivity index (χ1n) is 9.09. The Morgan fingerprint density at radius 2 is 1.86 bits per heavy atom. The maximum Gasteiger partial charge on any atom is 0.335 e. The molecular weight excluding hydrogens is 360 g/mol. The number of ether oxygens (including phenoxy) is 1. The van der Waals surface area contributed by atoms with Crippen LogP contribution in [-0.4, -0.2) is 41.1 Å². The van der Waals surface area contributed by atoms with Crippen molar-refractivity contribution in [1.82, 2.24) is 10.2 Å². The lowest BCUT2D eigenvalue weighted by Crippen LogP contribution is -2.45. The summed E-state index contributed by atoms with van der Waals surface area (Å²) in [5.41, 5.74) is 2.81. The molecule has 7 nitrogen and oxygen atoms in total. The highest BCUT2D eigenvalue weighted by Crippen LogP contribution is 2.29. The van der Waals surface area contributed by atoms with Crippen LogP contribution in [0, 0.1) is 0 Å². The summed E-state index contributed by atoms with van der Waals surface area (Å²) < 4.78 is 5.18. The molecule has 2 N–H and O–H groups in total. The number of hydrogen-bond acceptors (Lipinski definition) is 4. The third kappa shape index (κ3) is 4.31. The van der Waals surface area contributed by atoms with Gasteiger partial charge < -0.3 is 20.1 Å². The van der Waals surface area contributed by atoms with E-state index in [1.807, 2.05) is 24.3 Å². The summed E-state index contributed by atoms with van der Waals surface area (Å²) in [6, 6.07) is 13.6. The number of carbonyl (C=O) groups is 3. The van der Waals surface area contributed by atoms with Gasteiger partial charge in [0.25, 0.3) is 0 Å². The molecule has 2 aromatic carbocycles. The lowest BCUT2D eigenvalue weighted by molar-refractivity contribution is -0.145. The molecule has 1 atom stereocenters. The maximum absolute atomic E-state index is 12.7. The predicted molar refractivity (Wildman–Crippen MR) is 102 cm³/mol. The monoisotopic (exact) mass is 382 g/mol. The molecule has 2 aromatic rings. The molecule has 1 unspecified atom stereocenters. The number of carboxylic acid groups (broad SMARTS) is 1. The van der Waals surface area contributed by atoms with E-state index in [0.29, 0.717) is 6.54 Å². The van der Waals surface area contributed by atoms with Gasteiger partial charge in [0.15, 0.2) is 0 Å². The Hall–Kier alpha value is -3.35. The fraction of sp³-hybridized carbons (Fsp3) is 0.286. The summed E-state index contributed by atoms with van der Waals surface area (Å²) in [4.78, 5) is 37.5. The van der Waals surface area contributed by atoms with Crippen molar-refractivity contribution >= 4 is 18.0 Å². The summed E-state index contributed by atoms with van der Waals surface area (Å²) >= 11 is 0. The van der Waals surface area contributed by atoms with Crippen LogP contribution >= 0.6 is 0 Å². The van der Waals surface area contributed by atoms with Crippen LogP contribution in [0.4, 0.5) is 4.79 Å². The number of amides is 2. The molecule has 0 saturated carbocycles. The predicted octanol–water partition coefficient (Wildman–Crippen LogP) is 2.76. The summed E-state index contributed by atoms with van der Waals surface area (Å²) in [7, 11) is 0. The minimum Gasteiger partial charge on any atom is -0.478 e. The standard InChI is InChI=1S/C21H22N2O5/c1-2-28-20(26)18-13-23(12-16-5-3-4-6-17(16)18)21(27)22-11-14-7-9-15(10-8-14)19(24)25/h3-10,18H,2,11-13H2,1H3,(H,22,27)(H,24,25). The number of aromatic carboxylic acids is 1. The molecule has 0 aliphatic carbocycles. The van der Waals surface area contributed by atoms with E-state index >= 15 is 0 Å². The first-order valence-corrected chi connectivity index (χ1v) is 9.09. The number of benzene rings is 2. The zero-order valence-electron chi connectivity index (χ0n) is 15.6. The van der Waals surface area contributed by atoms with E-state index in [9.17, 15) is 14.4 Å². The van der Waals surface area contributed by atoms with Crippen LogP contribution in [0.2, 0.25) is 0 Å². The second kappa shape index (κ2) is 8.56. The highest BCUT2D eigenvalue weighted by Gasteiger charge is 2.33. The van der Waals surface area contributed by atoms with Gasteiger partial charge in [0.2, 0.25) is 0 Å². The zero-order chi connectivity index (χ0) is 20.1. The van der Waals surface area contributed by atoms with Crippen LogP contribution in [0.25, 0.3) is 0 Å². The number of fused-ring (bicyclic) bond motifs is 1. The first-order chi connectivity index (χ1) is 13.5. The lowest BCUT2D eigenvalue weighted by Gasteiger charge is -2.33. The van der Waals surface area contributed by atoms with Gasteiger partial charge in [-0.1, -0.05) is 36.4 Å². The molecule has 0 saturated heterocycles. The number of carboxylic acids is 1. The van der Waals surface area contributed by atoms with Crippen molar-refractivity contribution in [2.75, 3.05) is 13.2 Å². The Morgan fingerprint density at radius 3 is 2.54 bits per heavy atom. The second-order valence-corrected chi connectivity index (χ2v) is 6.54. The highest BCUT2D eigenvalue weighted by atomic mass is 16.5. The fourth-order valence-corrected chi connectivity index (χ4v) is 3.26. The molecule has 0 bridgehead atoms. The van der Waals surface area contributed by atoms with Crippen LogP contribution in [0.3, 0.4) is 0 Å². The second-order valence-electron chi connectivity index (χ2n) is 6.54. The molecule has 1 aliphatic rings. The molecule has 2 amide bonds. The molecule has 28 heavy (non-hydrogen) atoms. The van der Waals surface area contributed by atoms with E-state index in [-0.39, 0.29) is 37.3 Å². The van der Waals surface area contributed by atoms with Gasteiger partial charge in [-0.3, -0.25) is 4.79 Å². The smallest absolute Gasteiger partial charge is 0.335 e. The molecular formula is C21H22N2O5. The van der Waals surface area contributed by atoms with Crippen molar-refractivity contribution in [1.29, 1.82) is 0 Å². The largest absolute Gasteiger partial charge is 0.478 e. The molecule has 1 heterocycles. The van der Waals surface area contributed by atoms with Crippen molar-refractivity contribution in [2.45, 2.75) is 25.9 Å². The van der Waals surface area contributed by atoms with Crippen LogP contribution in [0.15, 0.2) is 48.5 Å². The minimum absolute atomic E-state index is 0.194. The van der Waals surface area contributed by atoms with Gasteiger partial charge in [0.1, 0.15) is 0 Å². The van der Waals surface area contributed by atoms with E-state index < -0.39 is 11.9 Å². The van der Waals surface area contributed by atoms with E-state index in [1.54, 1.807) is 24.0 Å². The van der Waals surface area contributed by atoms with Crippen molar-refractivity contribution in [3.63, 3.8) is 0 Å². The molecule has 146 valence electrons. The Kier molecular flexibility index (Phi) is 5.93. The average Bonchev–Trinajstić information content (AvgIpc) is 2.71. The van der Waals surface area contributed by atoms with Gasteiger partial charge >= 0.3 is 18.0 Å². The van der Waals surface area contributed by atoms with E-state index in [2.05, 4.69) is 5.32 Å². The van der Waals surface area contributed by atoms with E-state index in [0.717, 1.165) is 16.7 Å². The number of urea groups is 1. The average molecular weight is 382 g/mol. The Morgan fingerprint density at radius 1 is 1.14 bits per heavy atom. The van der Waals surface area contributed by atoms with Gasteiger partial charge in [-0.05, 0) is 35.7 Å². The van der Waals surface area contributed by atoms with Crippen LogP contribution in [0.1, 0.15) is 39.9 Å². The van der Waals surface area contributed by atoms with Crippen molar-refractivity contribution in [2.24, 2.45) is 0 Å². The van der Waals surface area contributed by atoms with E-state index in [1.165, 1.54) is 12.1 Å². The number of nitrogens with one attached hydrogen (secondary N) is 1. The summed E-state index contributed by atoms with van der Waals surface area (Å²) in [6.45, 7) is 2.97. The third-order valence-corrected chi connectivity index (χ3v) is 4.70. The van der Waals surface area contributed by atoms with Crippen LogP contribution < -0.4 is 5.32 Å². The summed E-state index contributed by atoms with van der Waals surface area (Å²) in [5.74, 6) is -1.84. The first kappa shape index (κ1) is 19.4. The maximum atomic E-state index is 12.7. The summed E-state index contributed by atoms with van der Waals surface area (Å²) in [5, 5.41) is 11.8. The molecule has 0 radical (unpaired) electrons. The Bertz CT molecular complexity index is 879. The molecule has 1 aliphatic heterocycles. The normalized spacial score (nSPS) is 15.5. The van der Waals surface area contributed by atoms with Gasteiger partial charge in [-0.15, -0.1) is 0 Å². The number of esters is 1. The third-order valence-electron chi connectivity index (χ3n) is 4.70. The van der Waals surface area contributed by atoms with Gasteiger partial charge in [0, 0.05) is 19.6 Å². The van der Waals surface area contributed by atoms with Crippen LogP contribution in [0.5, 0.6) is 0 Å². The SMILES string of the molecule is CCOC(=O)C1CN(C(=O)NCc2ccc(C(=O)O)cc2)Cc2ccccc21. The van der Waals surface area contributed by atoms with E-state index in [4.69, 9.17) is 9.84 Å². The Labute approximate surface area is 162 Å². The molecule has 0 aromatic heterocycles. The molecule has 0 fully saturated rings. The fourth-order valence-electron chi connectivity index (χ4n) is 3.26. The number of carbonyl (C=O) groups excluding carboxylic acids is 2. The van der Waals surface area contributed by atoms with Crippen molar-refractivity contribution in [3.8, 4) is 0 Å². The van der Waals surface area contributed by atoms with Gasteiger partial charge in [0.05, 0.1) is 18.1 Å². The zero-order valence-corrected chi connectivity index (χ0v) is 15.6. The lowest BCUT2D eigenvalue weighted by atomic mass is 9.90.